The largest absolute Gasteiger partial charge is 0.355 e. The van der Waals surface area contributed by atoms with Gasteiger partial charge in [0, 0.05) is 31.5 Å². The molecule has 2 aromatic rings. The fourth-order valence-corrected chi connectivity index (χ4v) is 3.70. The van der Waals surface area contributed by atoms with Gasteiger partial charge in [-0.2, -0.15) is 0 Å². The first-order chi connectivity index (χ1) is 10.1. The summed E-state index contributed by atoms with van der Waals surface area (Å²) in [4.78, 5) is 6.70. The van der Waals surface area contributed by atoms with E-state index in [-0.39, 0.29) is 0 Å². The predicted molar refractivity (Wildman–Crippen MR) is 83.4 cm³/mol. The molecule has 0 N–H and O–H groups in total. The summed E-state index contributed by atoms with van der Waals surface area (Å²) in [5.74, 6) is 1.01. The number of hydrogen-bond donors (Lipinski definition) is 0. The Kier molecular flexibility index (Phi) is 3.68. The number of rotatable bonds is 3. The van der Waals surface area contributed by atoms with Crippen LogP contribution >= 0.6 is 0 Å². The third-order valence-corrected chi connectivity index (χ3v) is 5.03. The van der Waals surface area contributed by atoms with Gasteiger partial charge >= 0.3 is 0 Å². The van der Waals surface area contributed by atoms with E-state index in [1.165, 1.54) is 11.8 Å². The zero-order valence-corrected chi connectivity index (χ0v) is 12.8. The SMILES string of the molecule is CS(=O)(=O)c1cccnc1N1CCC(c2ccccc2)C1. The molecular weight excluding hydrogens is 284 g/mol. The number of hydrogen-bond acceptors (Lipinski definition) is 4. The van der Waals surface area contributed by atoms with Gasteiger partial charge in [-0.3, -0.25) is 0 Å². The van der Waals surface area contributed by atoms with Crippen molar-refractivity contribution in [3.63, 3.8) is 0 Å². The molecule has 1 aromatic carbocycles. The van der Waals surface area contributed by atoms with Gasteiger partial charge in [0.05, 0.1) is 0 Å². The Hall–Kier alpha value is -1.88. The highest BCUT2D eigenvalue weighted by Gasteiger charge is 2.28. The van der Waals surface area contributed by atoms with Crippen molar-refractivity contribution in [3.8, 4) is 0 Å². The maximum atomic E-state index is 11.9. The average Bonchev–Trinajstić information content (AvgIpc) is 2.97. The van der Waals surface area contributed by atoms with E-state index in [0.717, 1.165) is 19.5 Å². The Labute approximate surface area is 125 Å². The molecule has 0 bridgehead atoms. The van der Waals surface area contributed by atoms with E-state index < -0.39 is 9.84 Å². The van der Waals surface area contributed by atoms with Crippen LogP contribution in [0.25, 0.3) is 0 Å². The quantitative estimate of drug-likeness (QED) is 0.874. The Balaban J connectivity index is 1.88. The molecule has 5 heteroatoms. The second-order valence-corrected chi connectivity index (χ2v) is 7.42. The molecule has 1 aliphatic rings. The van der Waals surface area contributed by atoms with Gasteiger partial charge in [0.25, 0.3) is 0 Å². The van der Waals surface area contributed by atoms with Crippen molar-refractivity contribution in [2.75, 3.05) is 24.2 Å². The van der Waals surface area contributed by atoms with Gasteiger partial charge in [-0.1, -0.05) is 30.3 Å². The van der Waals surface area contributed by atoms with Crippen molar-refractivity contribution in [1.82, 2.24) is 4.98 Å². The average molecular weight is 302 g/mol. The van der Waals surface area contributed by atoms with Gasteiger partial charge in [0.15, 0.2) is 9.84 Å². The van der Waals surface area contributed by atoms with Crippen LogP contribution in [-0.2, 0) is 9.84 Å². The minimum Gasteiger partial charge on any atom is -0.355 e. The molecule has 1 aromatic heterocycles. The van der Waals surface area contributed by atoms with Crippen LogP contribution in [-0.4, -0.2) is 32.7 Å². The standard InChI is InChI=1S/C16H18N2O2S/c1-21(19,20)15-8-5-10-17-16(15)18-11-9-14(12-18)13-6-3-2-4-7-13/h2-8,10,14H,9,11-12H2,1H3. The first kappa shape index (κ1) is 14.1. The summed E-state index contributed by atoms with van der Waals surface area (Å²) in [6.45, 7) is 1.64. The van der Waals surface area contributed by atoms with Gasteiger partial charge in [-0.05, 0) is 24.1 Å². The Morgan fingerprint density at radius 2 is 1.90 bits per heavy atom. The first-order valence-electron chi connectivity index (χ1n) is 7.00. The third kappa shape index (κ3) is 2.93. The van der Waals surface area contributed by atoms with Crippen molar-refractivity contribution in [2.24, 2.45) is 0 Å². The minimum absolute atomic E-state index is 0.318. The second-order valence-electron chi connectivity index (χ2n) is 5.44. The molecule has 0 aliphatic carbocycles. The lowest BCUT2D eigenvalue weighted by molar-refractivity contribution is 0.601. The fourth-order valence-electron chi connectivity index (χ4n) is 2.86. The van der Waals surface area contributed by atoms with E-state index in [0.29, 0.717) is 16.6 Å². The summed E-state index contributed by atoms with van der Waals surface area (Å²) in [6.07, 6.45) is 3.90. The zero-order valence-electron chi connectivity index (χ0n) is 11.9. The summed E-state index contributed by atoms with van der Waals surface area (Å²) in [5.41, 5.74) is 1.30. The number of pyridine rings is 1. The molecule has 1 unspecified atom stereocenters. The van der Waals surface area contributed by atoms with E-state index in [1.54, 1.807) is 18.3 Å². The van der Waals surface area contributed by atoms with E-state index >= 15 is 0 Å². The highest BCUT2D eigenvalue weighted by Crippen LogP contribution is 2.32. The lowest BCUT2D eigenvalue weighted by Crippen LogP contribution is -2.22. The highest BCUT2D eigenvalue weighted by molar-refractivity contribution is 7.90. The van der Waals surface area contributed by atoms with Crippen LogP contribution in [0.3, 0.4) is 0 Å². The third-order valence-electron chi connectivity index (χ3n) is 3.91. The number of nitrogens with zero attached hydrogens (tertiary/aromatic N) is 2. The van der Waals surface area contributed by atoms with Crippen molar-refractivity contribution in [2.45, 2.75) is 17.2 Å². The topological polar surface area (TPSA) is 50.3 Å². The smallest absolute Gasteiger partial charge is 0.179 e. The van der Waals surface area contributed by atoms with Gasteiger partial charge < -0.3 is 4.90 Å². The van der Waals surface area contributed by atoms with Crippen LogP contribution in [0.4, 0.5) is 5.82 Å². The van der Waals surface area contributed by atoms with Crippen LogP contribution in [0.15, 0.2) is 53.6 Å². The van der Waals surface area contributed by atoms with Crippen LogP contribution in [0.1, 0.15) is 17.9 Å². The number of sulfone groups is 1. The molecule has 1 fully saturated rings. The molecule has 1 saturated heterocycles. The molecule has 0 saturated carbocycles. The van der Waals surface area contributed by atoms with E-state index in [4.69, 9.17) is 0 Å². The summed E-state index contributed by atoms with van der Waals surface area (Å²) >= 11 is 0. The second kappa shape index (κ2) is 5.48. The lowest BCUT2D eigenvalue weighted by Gasteiger charge is -2.20. The van der Waals surface area contributed by atoms with Crippen molar-refractivity contribution < 1.29 is 8.42 Å². The molecule has 1 aliphatic heterocycles. The summed E-state index contributed by atoms with van der Waals surface area (Å²) in [7, 11) is -3.26. The molecule has 4 nitrogen and oxygen atoms in total. The van der Waals surface area contributed by atoms with Gasteiger partial charge in [-0.25, -0.2) is 13.4 Å². The van der Waals surface area contributed by atoms with E-state index in [9.17, 15) is 8.42 Å². The normalized spacial score (nSPS) is 18.9. The Bertz CT molecular complexity index is 729. The first-order valence-corrected chi connectivity index (χ1v) is 8.90. The lowest BCUT2D eigenvalue weighted by atomic mass is 9.99. The van der Waals surface area contributed by atoms with Crippen LogP contribution in [0.5, 0.6) is 0 Å². The molecule has 1 atom stereocenters. The summed E-state index contributed by atoms with van der Waals surface area (Å²) < 4.78 is 23.8. The molecular formula is C16H18N2O2S. The molecule has 110 valence electrons. The molecule has 21 heavy (non-hydrogen) atoms. The van der Waals surface area contributed by atoms with Crippen LogP contribution in [0, 0.1) is 0 Å². The minimum atomic E-state index is -3.26. The molecule has 2 heterocycles. The van der Waals surface area contributed by atoms with Crippen molar-refractivity contribution in [3.05, 3.63) is 54.2 Å². The molecule has 0 amide bonds. The number of anilines is 1. The summed E-state index contributed by atoms with van der Waals surface area (Å²) in [5, 5.41) is 0. The number of aromatic nitrogens is 1. The fraction of sp³-hybridized carbons (Fsp3) is 0.312. The number of benzene rings is 1. The predicted octanol–water partition coefficient (Wildman–Crippen LogP) is 2.48. The monoisotopic (exact) mass is 302 g/mol. The van der Waals surface area contributed by atoms with E-state index in [1.807, 2.05) is 18.2 Å². The summed E-state index contributed by atoms with van der Waals surface area (Å²) in [6, 6.07) is 13.7. The molecule has 0 radical (unpaired) electrons. The van der Waals surface area contributed by atoms with Crippen molar-refractivity contribution in [1.29, 1.82) is 0 Å². The van der Waals surface area contributed by atoms with Gasteiger partial charge in [0.1, 0.15) is 10.7 Å². The molecule has 0 spiro atoms. The molecule has 3 rings (SSSR count). The van der Waals surface area contributed by atoms with Crippen LogP contribution in [0.2, 0.25) is 0 Å². The maximum absolute atomic E-state index is 11.9. The van der Waals surface area contributed by atoms with Gasteiger partial charge in [-0.15, -0.1) is 0 Å². The van der Waals surface area contributed by atoms with Crippen molar-refractivity contribution >= 4 is 15.7 Å². The zero-order chi connectivity index (χ0) is 14.9. The van der Waals surface area contributed by atoms with E-state index in [2.05, 4.69) is 22.0 Å². The van der Waals surface area contributed by atoms with Crippen LogP contribution < -0.4 is 4.90 Å². The Morgan fingerprint density at radius 1 is 1.14 bits per heavy atom. The van der Waals surface area contributed by atoms with Gasteiger partial charge in [0.2, 0.25) is 0 Å². The maximum Gasteiger partial charge on any atom is 0.179 e. The highest BCUT2D eigenvalue weighted by atomic mass is 32.2. The Morgan fingerprint density at radius 3 is 2.62 bits per heavy atom.